The summed E-state index contributed by atoms with van der Waals surface area (Å²) in [6.07, 6.45) is 0.643. The number of hydrogen-bond acceptors (Lipinski definition) is 1. The van der Waals surface area contributed by atoms with E-state index >= 15 is 0 Å². The van der Waals surface area contributed by atoms with Crippen LogP contribution in [-0.2, 0) is 0 Å². The molecule has 1 nitrogen and oxygen atoms in total. The van der Waals surface area contributed by atoms with Gasteiger partial charge in [0.05, 0.1) is 0 Å². The molecular formula is C15H20O. The molecule has 0 fully saturated rings. The Labute approximate surface area is 98.5 Å². The molecule has 1 heteroatoms. The monoisotopic (exact) mass is 216 g/mol. The van der Waals surface area contributed by atoms with Crippen LogP contribution in [0.3, 0.4) is 0 Å². The number of rotatable bonds is 1. The molecule has 1 aromatic carbocycles. The van der Waals surface area contributed by atoms with Crippen LogP contribution in [0, 0.1) is 32.6 Å². The van der Waals surface area contributed by atoms with Crippen LogP contribution in [0.2, 0.25) is 0 Å². The maximum Gasteiger partial charge on any atom is 0.122 e. The van der Waals surface area contributed by atoms with Crippen LogP contribution in [0.1, 0.15) is 42.5 Å². The van der Waals surface area contributed by atoms with E-state index in [0.717, 1.165) is 5.56 Å². The first kappa shape index (κ1) is 12.8. The summed E-state index contributed by atoms with van der Waals surface area (Å²) < 4.78 is 0. The van der Waals surface area contributed by atoms with Crippen LogP contribution < -0.4 is 0 Å². The highest BCUT2D eigenvalue weighted by atomic mass is 16.3. The van der Waals surface area contributed by atoms with Gasteiger partial charge in [0.25, 0.3) is 0 Å². The van der Waals surface area contributed by atoms with Crippen molar-refractivity contribution in [3.8, 4) is 11.8 Å². The van der Waals surface area contributed by atoms with Crippen molar-refractivity contribution in [1.29, 1.82) is 0 Å². The van der Waals surface area contributed by atoms with E-state index in [0.29, 0.717) is 6.42 Å². The van der Waals surface area contributed by atoms with Crippen LogP contribution in [0.15, 0.2) is 12.1 Å². The van der Waals surface area contributed by atoms with Gasteiger partial charge in [0, 0.05) is 5.56 Å². The molecule has 1 unspecified atom stereocenters. The predicted octanol–water partition coefficient (Wildman–Crippen LogP) is 3.12. The van der Waals surface area contributed by atoms with Gasteiger partial charge in [-0.3, -0.25) is 0 Å². The Hall–Kier alpha value is -1.26. The summed E-state index contributed by atoms with van der Waals surface area (Å²) in [5, 5.41) is 9.83. The predicted molar refractivity (Wildman–Crippen MR) is 68.4 cm³/mol. The van der Waals surface area contributed by atoms with E-state index in [1.165, 1.54) is 16.7 Å². The van der Waals surface area contributed by atoms with Gasteiger partial charge in [0.1, 0.15) is 5.60 Å². The topological polar surface area (TPSA) is 20.2 Å². The molecular weight excluding hydrogens is 196 g/mol. The minimum atomic E-state index is -0.884. The first-order chi connectivity index (χ1) is 7.35. The molecule has 0 aromatic heterocycles. The Morgan fingerprint density at radius 3 is 2.25 bits per heavy atom. The molecule has 0 aliphatic rings. The quantitative estimate of drug-likeness (QED) is 0.715. The molecule has 0 amide bonds. The summed E-state index contributed by atoms with van der Waals surface area (Å²) in [4.78, 5) is 0. The van der Waals surface area contributed by atoms with Crippen molar-refractivity contribution in [1.82, 2.24) is 0 Å². The number of aliphatic hydroxyl groups is 1. The third kappa shape index (κ3) is 3.12. The molecule has 1 aromatic rings. The first-order valence-corrected chi connectivity index (χ1v) is 5.69. The molecule has 86 valence electrons. The zero-order valence-corrected chi connectivity index (χ0v) is 10.8. The maximum absolute atomic E-state index is 9.83. The molecule has 0 aliphatic heterocycles. The van der Waals surface area contributed by atoms with E-state index in [4.69, 9.17) is 0 Å². The molecule has 0 saturated carbocycles. The van der Waals surface area contributed by atoms with Crippen molar-refractivity contribution in [2.45, 2.75) is 46.6 Å². The van der Waals surface area contributed by atoms with Gasteiger partial charge >= 0.3 is 0 Å². The van der Waals surface area contributed by atoms with Crippen molar-refractivity contribution < 1.29 is 5.11 Å². The lowest BCUT2D eigenvalue weighted by atomic mass is 9.99. The third-order valence-corrected chi connectivity index (χ3v) is 3.00. The van der Waals surface area contributed by atoms with E-state index in [-0.39, 0.29) is 0 Å². The van der Waals surface area contributed by atoms with Crippen LogP contribution in [0.4, 0.5) is 0 Å². The number of hydrogen-bond donors (Lipinski definition) is 1. The van der Waals surface area contributed by atoms with Crippen molar-refractivity contribution >= 4 is 0 Å². The smallest absolute Gasteiger partial charge is 0.122 e. The summed E-state index contributed by atoms with van der Waals surface area (Å²) in [5.41, 5.74) is 3.82. The Balaban J connectivity index is 3.11. The molecule has 0 radical (unpaired) electrons. The number of aryl methyl sites for hydroxylation is 3. The lowest BCUT2D eigenvalue weighted by Gasteiger charge is -2.12. The van der Waals surface area contributed by atoms with Crippen LogP contribution in [-0.4, -0.2) is 10.7 Å². The highest BCUT2D eigenvalue weighted by Crippen LogP contribution is 2.15. The second-order valence-corrected chi connectivity index (χ2v) is 4.63. The summed E-state index contributed by atoms with van der Waals surface area (Å²) in [6, 6.07) is 4.23. The van der Waals surface area contributed by atoms with Crippen LogP contribution >= 0.6 is 0 Å². The summed E-state index contributed by atoms with van der Waals surface area (Å²) in [6.45, 7) is 9.91. The van der Waals surface area contributed by atoms with Gasteiger partial charge in [0.15, 0.2) is 0 Å². The molecule has 1 rings (SSSR count). The second kappa shape index (κ2) is 4.72. The van der Waals surface area contributed by atoms with Gasteiger partial charge < -0.3 is 5.11 Å². The lowest BCUT2D eigenvalue weighted by molar-refractivity contribution is 0.118. The first-order valence-electron chi connectivity index (χ1n) is 5.69. The summed E-state index contributed by atoms with van der Waals surface area (Å²) in [7, 11) is 0. The average molecular weight is 216 g/mol. The zero-order chi connectivity index (χ0) is 12.3. The zero-order valence-electron chi connectivity index (χ0n) is 10.8. The molecule has 16 heavy (non-hydrogen) atoms. The minimum Gasteiger partial charge on any atom is -0.378 e. The van der Waals surface area contributed by atoms with E-state index in [2.05, 4.69) is 44.7 Å². The van der Waals surface area contributed by atoms with Crippen molar-refractivity contribution in [3.63, 3.8) is 0 Å². The normalized spacial score (nSPS) is 13.9. The van der Waals surface area contributed by atoms with Crippen LogP contribution in [0.5, 0.6) is 0 Å². The molecule has 1 N–H and O–H groups in total. The van der Waals surface area contributed by atoms with Gasteiger partial charge in [-0.1, -0.05) is 24.8 Å². The Morgan fingerprint density at radius 1 is 1.12 bits per heavy atom. The fraction of sp³-hybridized carbons (Fsp3) is 0.467. The summed E-state index contributed by atoms with van der Waals surface area (Å²) in [5.74, 6) is 5.99. The van der Waals surface area contributed by atoms with Crippen molar-refractivity contribution in [2.24, 2.45) is 0 Å². The molecule has 0 bridgehead atoms. The van der Waals surface area contributed by atoms with Gasteiger partial charge in [-0.15, -0.1) is 0 Å². The van der Waals surface area contributed by atoms with Crippen LogP contribution in [0.25, 0.3) is 0 Å². The highest BCUT2D eigenvalue weighted by molar-refractivity contribution is 5.46. The Morgan fingerprint density at radius 2 is 1.69 bits per heavy atom. The standard InChI is InChI=1S/C15H20O/c1-6-15(5,16)8-7-14-10-12(3)11(2)9-13(14)4/h9-10,16H,6H2,1-5H3. The minimum absolute atomic E-state index is 0.643. The van der Waals surface area contributed by atoms with E-state index in [9.17, 15) is 5.11 Å². The Kier molecular flexibility index (Phi) is 3.78. The largest absolute Gasteiger partial charge is 0.378 e. The molecule has 0 spiro atoms. The lowest BCUT2D eigenvalue weighted by Crippen LogP contribution is -2.19. The number of benzene rings is 1. The van der Waals surface area contributed by atoms with Crippen molar-refractivity contribution in [3.05, 3.63) is 34.4 Å². The van der Waals surface area contributed by atoms with E-state index in [1.807, 2.05) is 6.92 Å². The molecule has 0 aliphatic carbocycles. The SMILES string of the molecule is CCC(C)(O)C#Cc1cc(C)c(C)cc1C. The van der Waals surface area contributed by atoms with Gasteiger partial charge in [0.2, 0.25) is 0 Å². The fourth-order valence-electron chi connectivity index (χ4n) is 1.39. The van der Waals surface area contributed by atoms with E-state index < -0.39 is 5.60 Å². The molecule has 0 saturated heterocycles. The van der Waals surface area contributed by atoms with Gasteiger partial charge in [-0.05, 0) is 56.9 Å². The van der Waals surface area contributed by atoms with Gasteiger partial charge in [-0.2, -0.15) is 0 Å². The average Bonchev–Trinajstić information content (AvgIpc) is 2.22. The van der Waals surface area contributed by atoms with E-state index in [1.54, 1.807) is 6.92 Å². The summed E-state index contributed by atoms with van der Waals surface area (Å²) >= 11 is 0. The van der Waals surface area contributed by atoms with Crippen molar-refractivity contribution in [2.75, 3.05) is 0 Å². The van der Waals surface area contributed by atoms with Gasteiger partial charge in [-0.25, -0.2) is 0 Å². The third-order valence-electron chi connectivity index (χ3n) is 3.00. The molecule has 1 atom stereocenters. The Bertz CT molecular complexity index is 444. The maximum atomic E-state index is 9.83. The highest BCUT2D eigenvalue weighted by Gasteiger charge is 2.12. The fourth-order valence-corrected chi connectivity index (χ4v) is 1.39. The molecule has 0 heterocycles. The second-order valence-electron chi connectivity index (χ2n) is 4.63.